The van der Waals surface area contributed by atoms with Crippen LogP contribution in [0.1, 0.15) is 35.4 Å². The highest BCUT2D eigenvalue weighted by atomic mass is 16.2. The van der Waals surface area contributed by atoms with Gasteiger partial charge in [-0.2, -0.15) is 0 Å². The molecule has 2 aliphatic rings. The molecule has 1 aromatic carbocycles. The summed E-state index contributed by atoms with van der Waals surface area (Å²) in [5.74, 6) is 0.424. The lowest BCUT2D eigenvalue weighted by molar-refractivity contribution is 0.0977. The topological polar surface area (TPSA) is 61.4 Å². The number of nitrogens with zero attached hydrogens (tertiary/aromatic N) is 4. The number of rotatable bonds is 2. The third kappa shape index (κ3) is 2.81. The normalized spacial score (nSPS) is 19.2. The SMILES string of the molecule is CNc1nc(C)cc(C(=O)N2CC3CCCCN3c3ccccc32)n1. The highest BCUT2D eigenvalue weighted by Gasteiger charge is 2.35. The summed E-state index contributed by atoms with van der Waals surface area (Å²) >= 11 is 0. The number of carbonyl (C=O) groups excluding carboxylic acids is 1. The maximum absolute atomic E-state index is 13.2. The maximum atomic E-state index is 13.2. The van der Waals surface area contributed by atoms with Gasteiger partial charge in [0, 0.05) is 31.9 Å². The molecule has 6 nitrogen and oxygen atoms in total. The molecule has 1 fully saturated rings. The molecule has 25 heavy (non-hydrogen) atoms. The second-order valence-corrected chi connectivity index (χ2v) is 6.72. The number of carbonyl (C=O) groups is 1. The van der Waals surface area contributed by atoms with Crippen molar-refractivity contribution in [2.45, 2.75) is 32.2 Å². The molecular formula is C19H23N5O. The fraction of sp³-hybridized carbons (Fsp3) is 0.421. The number of amides is 1. The van der Waals surface area contributed by atoms with Crippen molar-refractivity contribution in [3.8, 4) is 0 Å². The van der Waals surface area contributed by atoms with E-state index >= 15 is 0 Å². The van der Waals surface area contributed by atoms with E-state index in [1.54, 1.807) is 13.1 Å². The van der Waals surface area contributed by atoms with E-state index in [2.05, 4.69) is 26.3 Å². The van der Waals surface area contributed by atoms with Crippen LogP contribution in [0.5, 0.6) is 0 Å². The summed E-state index contributed by atoms with van der Waals surface area (Å²) in [6.07, 6.45) is 3.57. The molecule has 4 rings (SSSR count). The molecule has 1 saturated heterocycles. The molecule has 1 N–H and O–H groups in total. The summed E-state index contributed by atoms with van der Waals surface area (Å²) < 4.78 is 0. The van der Waals surface area contributed by atoms with Gasteiger partial charge < -0.3 is 15.1 Å². The maximum Gasteiger partial charge on any atom is 0.277 e. The van der Waals surface area contributed by atoms with Crippen molar-refractivity contribution in [1.29, 1.82) is 0 Å². The Hall–Kier alpha value is -2.63. The Morgan fingerprint density at radius 3 is 2.80 bits per heavy atom. The molecule has 0 radical (unpaired) electrons. The van der Waals surface area contributed by atoms with Gasteiger partial charge in [-0.3, -0.25) is 4.79 Å². The summed E-state index contributed by atoms with van der Waals surface area (Å²) in [6, 6.07) is 10.3. The zero-order valence-electron chi connectivity index (χ0n) is 14.7. The predicted octanol–water partition coefficient (Wildman–Crippen LogP) is 2.85. The zero-order chi connectivity index (χ0) is 17.4. The van der Waals surface area contributed by atoms with Crippen LogP contribution in [0.25, 0.3) is 0 Å². The van der Waals surface area contributed by atoms with E-state index in [-0.39, 0.29) is 5.91 Å². The first kappa shape index (κ1) is 15.9. The van der Waals surface area contributed by atoms with Gasteiger partial charge in [0.15, 0.2) is 0 Å². The largest absolute Gasteiger partial charge is 0.365 e. The fourth-order valence-corrected chi connectivity index (χ4v) is 3.87. The van der Waals surface area contributed by atoms with Crippen molar-refractivity contribution in [2.75, 3.05) is 35.3 Å². The van der Waals surface area contributed by atoms with Crippen molar-refractivity contribution in [1.82, 2.24) is 9.97 Å². The Kier molecular flexibility index (Phi) is 4.03. The average Bonchev–Trinajstić information content (AvgIpc) is 2.66. The van der Waals surface area contributed by atoms with Crippen molar-refractivity contribution >= 4 is 23.2 Å². The van der Waals surface area contributed by atoms with Gasteiger partial charge in [-0.1, -0.05) is 12.1 Å². The van der Waals surface area contributed by atoms with Crippen LogP contribution in [0.3, 0.4) is 0 Å². The molecule has 0 bridgehead atoms. The van der Waals surface area contributed by atoms with Gasteiger partial charge in [-0.15, -0.1) is 0 Å². The van der Waals surface area contributed by atoms with Crippen LogP contribution >= 0.6 is 0 Å². The monoisotopic (exact) mass is 337 g/mol. The van der Waals surface area contributed by atoms with E-state index in [0.29, 0.717) is 24.2 Å². The van der Waals surface area contributed by atoms with E-state index in [9.17, 15) is 4.79 Å². The lowest BCUT2D eigenvalue weighted by Gasteiger charge is -2.46. The van der Waals surface area contributed by atoms with Gasteiger partial charge in [-0.05, 0) is 44.4 Å². The smallest absolute Gasteiger partial charge is 0.277 e. The minimum Gasteiger partial charge on any atom is -0.365 e. The Morgan fingerprint density at radius 2 is 2.00 bits per heavy atom. The van der Waals surface area contributed by atoms with Crippen molar-refractivity contribution in [3.05, 3.63) is 41.7 Å². The third-order valence-electron chi connectivity index (χ3n) is 5.04. The number of aryl methyl sites for hydroxylation is 1. The van der Waals surface area contributed by atoms with Crippen LogP contribution in [0.15, 0.2) is 30.3 Å². The van der Waals surface area contributed by atoms with E-state index in [4.69, 9.17) is 0 Å². The van der Waals surface area contributed by atoms with Crippen LogP contribution in [0, 0.1) is 6.92 Å². The Morgan fingerprint density at radius 1 is 1.20 bits per heavy atom. The standard InChI is InChI=1S/C19H23N5O/c1-13-11-15(22-19(20-2)21-13)18(25)24-12-14-7-5-6-10-23(14)16-8-3-4-9-17(16)24/h3-4,8-9,11,14H,5-7,10,12H2,1-2H3,(H,20,21,22). The molecule has 1 amide bonds. The van der Waals surface area contributed by atoms with Crippen LogP contribution in [-0.2, 0) is 0 Å². The predicted molar refractivity (Wildman–Crippen MR) is 99.4 cm³/mol. The van der Waals surface area contributed by atoms with Crippen LogP contribution in [0.2, 0.25) is 0 Å². The van der Waals surface area contributed by atoms with Crippen molar-refractivity contribution in [3.63, 3.8) is 0 Å². The molecular weight excluding hydrogens is 314 g/mol. The van der Waals surface area contributed by atoms with Gasteiger partial charge in [0.25, 0.3) is 5.91 Å². The Balaban J connectivity index is 1.74. The quantitative estimate of drug-likeness (QED) is 0.913. The zero-order valence-corrected chi connectivity index (χ0v) is 14.7. The Bertz CT molecular complexity index is 806. The molecule has 6 heteroatoms. The van der Waals surface area contributed by atoms with Crippen molar-refractivity contribution < 1.29 is 4.79 Å². The summed E-state index contributed by atoms with van der Waals surface area (Å²) in [4.78, 5) is 26.3. The number of anilines is 3. The minimum absolute atomic E-state index is 0.0559. The summed E-state index contributed by atoms with van der Waals surface area (Å²) in [5, 5.41) is 2.93. The number of hydrogen-bond donors (Lipinski definition) is 1. The van der Waals surface area contributed by atoms with Crippen LogP contribution in [-0.4, -0.2) is 42.1 Å². The molecule has 0 aliphatic carbocycles. The number of hydrogen-bond acceptors (Lipinski definition) is 5. The van der Waals surface area contributed by atoms with Gasteiger partial charge in [0.1, 0.15) is 5.69 Å². The van der Waals surface area contributed by atoms with E-state index in [1.807, 2.05) is 30.0 Å². The number of fused-ring (bicyclic) bond motifs is 3. The van der Waals surface area contributed by atoms with Gasteiger partial charge in [0.2, 0.25) is 5.95 Å². The highest BCUT2D eigenvalue weighted by molar-refractivity contribution is 6.07. The molecule has 1 aromatic heterocycles. The molecule has 1 atom stereocenters. The molecule has 2 aliphatic heterocycles. The van der Waals surface area contributed by atoms with Crippen molar-refractivity contribution in [2.24, 2.45) is 0 Å². The van der Waals surface area contributed by atoms with Gasteiger partial charge >= 0.3 is 0 Å². The fourth-order valence-electron chi connectivity index (χ4n) is 3.87. The molecule has 0 saturated carbocycles. The van der Waals surface area contributed by atoms with Gasteiger partial charge in [-0.25, -0.2) is 9.97 Å². The number of benzene rings is 1. The van der Waals surface area contributed by atoms with E-state index in [0.717, 1.165) is 30.0 Å². The summed E-state index contributed by atoms with van der Waals surface area (Å²) in [5.41, 5.74) is 3.36. The van der Waals surface area contributed by atoms with Crippen LogP contribution in [0.4, 0.5) is 17.3 Å². The number of nitrogens with one attached hydrogen (secondary N) is 1. The Labute approximate surface area is 147 Å². The average molecular weight is 337 g/mol. The third-order valence-corrected chi connectivity index (χ3v) is 5.04. The molecule has 3 heterocycles. The van der Waals surface area contributed by atoms with E-state index in [1.165, 1.54) is 12.8 Å². The van der Waals surface area contributed by atoms with E-state index < -0.39 is 0 Å². The number of piperidine rings is 1. The first-order chi connectivity index (χ1) is 12.2. The number of para-hydroxylation sites is 2. The first-order valence-electron chi connectivity index (χ1n) is 8.88. The molecule has 1 unspecified atom stereocenters. The molecule has 130 valence electrons. The highest BCUT2D eigenvalue weighted by Crippen LogP contribution is 2.39. The first-order valence-corrected chi connectivity index (χ1v) is 8.88. The lowest BCUT2D eigenvalue weighted by atomic mass is 9.96. The second kappa shape index (κ2) is 6.35. The summed E-state index contributed by atoms with van der Waals surface area (Å²) in [6.45, 7) is 3.67. The number of aromatic nitrogens is 2. The summed E-state index contributed by atoms with van der Waals surface area (Å²) in [7, 11) is 1.76. The van der Waals surface area contributed by atoms with Crippen LogP contribution < -0.4 is 15.1 Å². The lowest BCUT2D eigenvalue weighted by Crippen LogP contribution is -2.53. The molecule has 0 spiro atoms. The second-order valence-electron chi connectivity index (χ2n) is 6.72. The van der Waals surface area contributed by atoms with Gasteiger partial charge in [0.05, 0.1) is 11.4 Å². The molecule has 2 aromatic rings. The minimum atomic E-state index is -0.0559.